The van der Waals surface area contributed by atoms with Crippen LogP contribution in [0.15, 0.2) is 12.1 Å². The third-order valence-electron chi connectivity index (χ3n) is 4.78. The predicted molar refractivity (Wildman–Crippen MR) is 112 cm³/mol. The highest BCUT2D eigenvalue weighted by atomic mass is 35.5. The number of carbonyl (C=O) groups excluding carboxylic acids is 1. The first-order valence-corrected chi connectivity index (χ1v) is 10.9. The molecule has 0 saturated carbocycles. The van der Waals surface area contributed by atoms with Crippen LogP contribution >= 0.6 is 23.4 Å². The number of alkyl halides is 1. The highest BCUT2D eigenvalue weighted by molar-refractivity contribution is 8.00. The van der Waals surface area contributed by atoms with Gasteiger partial charge in [0.1, 0.15) is 11.1 Å². The maximum absolute atomic E-state index is 12.4. The van der Waals surface area contributed by atoms with Crippen LogP contribution < -0.4 is 0 Å². The summed E-state index contributed by atoms with van der Waals surface area (Å²) < 4.78 is 0. The summed E-state index contributed by atoms with van der Waals surface area (Å²) in [6.07, 6.45) is 1.83. The number of unbranched alkanes of at least 4 members (excludes halogenated alkanes) is 1. The monoisotopic (exact) mass is 397 g/mol. The van der Waals surface area contributed by atoms with Crippen LogP contribution in [0.4, 0.5) is 0 Å². The highest BCUT2D eigenvalue weighted by Gasteiger charge is 2.35. The number of aromatic hydroxyl groups is 1. The Labute approximate surface area is 167 Å². The zero-order chi connectivity index (χ0) is 19.7. The Morgan fingerprint density at radius 2 is 1.65 bits per heavy atom. The van der Waals surface area contributed by atoms with Crippen molar-refractivity contribution >= 4 is 29.3 Å². The molecule has 1 N–H and O–H groups in total. The van der Waals surface area contributed by atoms with Crippen LogP contribution in [0.1, 0.15) is 76.4 Å². The average Bonchev–Trinajstić information content (AvgIpc) is 2.87. The molecular weight excluding hydrogens is 366 g/mol. The highest BCUT2D eigenvalue weighted by Crippen LogP contribution is 2.45. The Hall–Kier alpha value is -0.870. The van der Waals surface area contributed by atoms with E-state index in [1.54, 1.807) is 11.8 Å². The van der Waals surface area contributed by atoms with Crippen LogP contribution in [0.5, 0.6) is 5.75 Å². The van der Waals surface area contributed by atoms with Crippen molar-refractivity contribution in [2.24, 2.45) is 0 Å². The Kier molecular flexibility index (Phi) is 6.61. The molecule has 1 aromatic carbocycles. The van der Waals surface area contributed by atoms with Crippen molar-refractivity contribution in [2.45, 2.75) is 70.6 Å². The number of halogens is 1. The first-order valence-electron chi connectivity index (χ1n) is 9.31. The molecule has 1 aliphatic rings. The zero-order valence-corrected chi connectivity index (χ0v) is 18.4. The summed E-state index contributed by atoms with van der Waals surface area (Å²) in [4.78, 5) is 14.4. The first-order chi connectivity index (χ1) is 12.0. The van der Waals surface area contributed by atoms with E-state index in [0.29, 0.717) is 17.4 Å². The van der Waals surface area contributed by atoms with Gasteiger partial charge in [-0.1, -0.05) is 41.5 Å². The van der Waals surface area contributed by atoms with Gasteiger partial charge < -0.3 is 10.0 Å². The van der Waals surface area contributed by atoms with E-state index < -0.39 is 0 Å². The van der Waals surface area contributed by atoms with Crippen LogP contribution in [-0.4, -0.2) is 34.1 Å². The average molecular weight is 398 g/mol. The lowest BCUT2D eigenvalue weighted by Crippen LogP contribution is -2.30. The third-order valence-corrected chi connectivity index (χ3v) is 6.31. The van der Waals surface area contributed by atoms with Crippen molar-refractivity contribution in [1.29, 1.82) is 0 Å². The Morgan fingerprint density at radius 3 is 2.12 bits per heavy atom. The molecule has 0 aliphatic carbocycles. The fraction of sp³-hybridized carbons (Fsp3) is 0.667. The number of rotatable bonds is 5. The summed E-state index contributed by atoms with van der Waals surface area (Å²) in [5, 5.41) is 10.9. The molecule has 146 valence electrons. The topological polar surface area (TPSA) is 40.5 Å². The van der Waals surface area contributed by atoms with Crippen LogP contribution in [0.25, 0.3) is 0 Å². The van der Waals surface area contributed by atoms with E-state index in [1.165, 1.54) is 0 Å². The lowest BCUT2D eigenvalue weighted by Gasteiger charge is -2.31. The number of thioether (sulfide) groups is 1. The molecule has 1 unspecified atom stereocenters. The molecular formula is C21H32ClNO2S. The maximum atomic E-state index is 12.4. The molecule has 0 radical (unpaired) electrons. The zero-order valence-electron chi connectivity index (χ0n) is 16.9. The summed E-state index contributed by atoms with van der Waals surface area (Å²) in [6, 6.07) is 4.19. The Bertz CT molecular complexity index is 626. The number of hydrogen-bond acceptors (Lipinski definition) is 3. The van der Waals surface area contributed by atoms with Crippen molar-refractivity contribution in [2.75, 3.05) is 18.2 Å². The summed E-state index contributed by atoms with van der Waals surface area (Å²) >= 11 is 7.48. The number of phenolic OH excluding ortho intramolecular Hbond substituents is 1. The van der Waals surface area contributed by atoms with E-state index in [9.17, 15) is 9.90 Å². The normalized spacial score (nSPS) is 18.7. The Morgan fingerprint density at radius 1 is 1.12 bits per heavy atom. The molecule has 0 spiro atoms. The van der Waals surface area contributed by atoms with Gasteiger partial charge in [-0.25, -0.2) is 0 Å². The molecule has 1 heterocycles. The molecule has 3 nitrogen and oxygen atoms in total. The smallest absolute Gasteiger partial charge is 0.233 e. The fourth-order valence-corrected chi connectivity index (χ4v) is 4.68. The van der Waals surface area contributed by atoms with E-state index >= 15 is 0 Å². The van der Waals surface area contributed by atoms with Gasteiger partial charge in [0.15, 0.2) is 0 Å². The van der Waals surface area contributed by atoms with Crippen molar-refractivity contribution in [3.8, 4) is 5.75 Å². The molecule has 1 aromatic rings. The lowest BCUT2D eigenvalue weighted by atomic mass is 9.78. The molecule has 1 fully saturated rings. The second kappa shape index (κ2) is 8.02. The first kappa shape index (κ1) is 21.4. The fourth-order valence-electron chi connectivity index (χ4n) is 3.29. The minimum absolute atomic E-state index is 0.0145. The number of nitrogens with zero attached hydrogens (tertiary/aromatic N) is 1. The molecule has 1 amide bonds. The summed E-state index contributed by atoms with van der Waals surface area (Å²) in [5.74, 6) is 1.72. The molecule has 0 bridgehead atoms. The van der Waals surface area contributed by atoms with Gasteiger partial charge in [-0.05, 0) is 52.5 Å². The Balaban J connectivity index is 2.49. The van der Waals surface area contributed by atoms with Crippen LogP contribution in [0, 0.1) is 0 Å². The SMILES string of the molecule is CC(C)(C)c1cc(C2SCC(=O)N2CCCCCl)cc(C(C)(C)C)c1O. The van der Waals surface area contributed by atoms with Gasteiger partial charge >= 0.3 is 0 Å². The molecule has 1 saturated heterocycles. The van der Waals surface area contributed by atoms with Gasteiger partial charge in [-0.3, -0.25) is 4.79 Å². The summed E-state index contributed by atoms with van der Waals surface area (Å²) in [6.45, 7) is 13.4. The molecule has 1 aliphatic heterocycles. The second-order valence-electron chi connectivity index (χ2n) is 9.11. The molecule has 5 heteroatoms. The maximum Gasteiger partial charge on any atom is 0.233 e. The molecule has 26 heavy (non-hydrogen) atoms. The number of phenols is 1. The number of benzene rings is 1. The van der Waals surface area contributed by atoms with Crippen molar-refractivity contribution in [3.05, 3.63) is 28.8 Å². The largest absolute Gasteiger partial charge is 0.507 e. The quantitative estimate of drug-likeness (QED) is 0.520. The number of amides is 1. The van der Waals surface area contributed by atoms with E-state index in [4.69, 9.17) is 11.6 Å². The van der Waals surface area contributed by atoms with Crippen molar-refractivity contribution in [1.82, 2.24) is 4.90 Å². The van der Waals surface area contributed by atoms with Gasteiger partial charge in [0.2, 0.25) is 5.91 Å². The summed E-state index contributed by atoms with van der Waals surface area (Å²) in [5.41, 5.74) is 2.66. The van der Waals surface area contributed by atoms with Gasteiger partial charge in [-0.2, -0.15) is 0 Å². The standard InChI is InChI=1S/C21H32ClNO2S/c1-20(2,3)15-11-14(12-16(18(15)25)21(4,5)6)19-23(10-8-7-9-22)17(24)13-26-19/h11-12,19,25H,7-10,13H2,1-6H3. The van der Waals surface area contributed by atoms with E-state index in [2.05, 4.69) is 53.7 Å². The van der Waals surface area contributed by atoms with Crippen LogP contribution in [-0.2, 0) is 15.6 Å². The molecule has 2 rings (SSSR count). The minimum Gasteiger partial charge on any atom is -0.507 e. The molecule has 1 atom stereocenters. The predicted octanol–water partition coefficient (Wildman–Crippen LogP) is 5.58. The van der Waals surface area contributed by atoms with Gasteiger partial charge in [-0.15, -0.1) is 23.4 Å². The van der Waals surface area contributed by atoms with E-state index in [1.807, 2.05) is 4.90 Å². The lowest BCUT2D eigenvalue weighted by molar-refractivity contribution is -0.128. The van der Waals surface area contributed by atoms with Crippen molar-refractivity contribution < 1.29 is 9.90 Å². The van der Waals surface area contributed by atoms with Gasteiger partial charge in [0, 0.05) is 12.4 Å². The second-order valence-corrected chi connectivity index (χ2v) is 10.6. The van der Waals surface area contributed by atoms with Gasteiger partial charge in [0.25, 0.3) is 0 Å². The van der Waals surface area contributed by atoms with Gasteiger partial charge in [0.05, 0.1) is 5.75 Å². The van der Waals surface area contributed by atoms with Crippen LogP contribution in [0.3, 0.4) is 0 Å². The van der Waals surface area contributed by atoms with E-state index in [-0.39, 0.29) is 22.1 Å². The number of carbonyl (C=O) groups is 1. The summed E-state index contributed by atoms with van der Waals surface area (Å²) in [7, 11) is 0. The minimum atomic E-state index is -0.170. The van der Waals surface area contributed by atoms with Crippen LogP contribution in [0.2, 0.25) is 0 Å². The molecule has 0 aromatic heterocycles. The van der Waals surface area contributed by atoms with Crippen molar-refractivity contribution in [3.63, 3.8) is 0 Å². The van der Waals surface area contributed by atoms with E-state index in [0.717, 1.165) is 36.1 Å². The third kappa shape index (κ3) is 4.69. The number of hydrogen-bond donors (Lipinski definition) is 1.